The minimum absolute atomic E-state index is 0.102. The number of hydrogen-bond donors (Lipinski definition) is 1. The molecule has 2 aromatic heterocycles. The summed E-state index contributed by atoms with van der Waals surface area (Å²) in [6.07, 6.45) is 1.61. The first-order valence-corrected chi connectivity index (χ1v) is 7.14. The van der Waals surface area contributed by atoms with E-state index in [1.165, 1.54) is 36.2 Å². The Labute approximate surface area is 125 Å². The summed E-state index contributed by atoms with van der Waals surface area (Å²) in [4.78, 5) is 24.2. The Morgan fingerprint density at radius 1 is 1.33 bits per heavy atom. The molecule has 2 heterocycles. The van der Waals surface area contributed by atoms with Gasteiger partial charge < -0.3 is 19.4 Å². The predicted octanol–water partition coefficient (Wildman–Crippen LogP) is 2.20. The molecule has 0 unspecified atom stereocenters. The Hall–Kier alpha value is -2.28. The summed E-state index contributed by atoms with van der Waals surface area (Å²) in [7, 11) is 3.04. The third-order valence-corrected chi connectivity index (χ3v) is 3.95. The van der Waals surface area contributed by atoms with Gasteiger partial charge in [-0.25, -0.2) is 0 Å². The molecule has 112 valence electrons. The van der Waals surface area contributed by atoms with Gasteiger partial charge in [0.25, 0.3) is 11.5 Å². The SMILES string of the molecule is CCn1cc(NC(=O)c2cc(OC)c(OC)s2)ccc1=O. The van der Waals surface area contributed by atoms with Crippen LogP contribution in [0, 0.1) is 0 Å². The fourth-order valence-corrected chi connectivity index (χ4v) is 2.63. The third-order valence-electron chi connectivity index (χ3n) is 2.88. The summed E-state index contributed by atoms with van der Waals surface area (Å²) >= 11 is 1.20. The molecule has 1 amide bonds. The molecule has 2 rings (SSSR count). The highest BCUT2D eigenvalue weighted by molar-refractivity contribution is 7.16. The summed E-state index contributed by atoms with van der Waals surface area (Å²) < 4.78 is 11.8. The van der Waals surface area contributed by atoms with Crippen LogP contribution in [0.25, 0.3) is 0 Å². The number of thiophene rings is 1. The van der Waals surface area contributed by atoms with Crippen molar-refractivity contribution in [2.75, 3.05) is 19.5 Å². The Kier molecular flexibility index (Phi) is 4.64. The number of pyridine rings is 1. The largest absolute Gasteiger partial charge is 0.492 e. The molecule has 0 fully saturated rings. The number of aryl methyl sites for hydroxylation is 1. The van der Waals surface area contributed by atoms with Crippen LogP contribution in [-0.2, 0) is 6.54 Å². The monoisotopic (exact) mass is 308 g/mol. The zero-order valence-electron chi connectivity index (χ0n) is 12.0. The van der Waals surface area contributed by atoms with Gasteiger partial charge in [-0.2, -0.15) is 0 Å². The lowest BCUT2D eigenvalue weighted by atomic mass is 10.3. The summed E-state index contributed by atoms with van der Waals surface area (Å²) in [6.45, 7) is 2.41. The van der Waals surface area contributed by atoms with Crippen LogP contribution in [0.15, 0.2) is 29.2 Å². The molecule has 6 nitrogen and oxygen atoms in total. The molecule has 0 aromatic carbocycles. The van der Waals surface area contributed by atoms with Gasteiger partial charge in [-0.3, -0.25) is 9.59 Å². The summed E-state index contributed by atoms with van der Waals surface area (Å²) in [6, 6.07) is 4.62. The normalized spacial score (nSPS) is 10.2. The van der Waals surface area contributed by atoms with Crippen molar-refractivity contribution in [2.45, 2.75) is 13.5 Å². The van der Waals surface area contributed by atoms with Gasteiger partial charge in [0.2, 0.25) is 5.06 Å². The third kappa shape index (κ3) is 3.25. The van der Waals surface area contributed by atoms with E-state index in [1.54, 1.807) is 18.3 Å². The number of aromatic nitrogens is 1. The molecule has 2 aromatic rings. The standard InChI is InChI=1S/C14H16N2O4S/c1-4-16-8-9(5-6-12(16)17)15-13(18)11-7-10(19-2)14(20-3)21-11/h5-8H,4H2,1-3H3,(H,15,18). The molecule has 0 spiro atoms. The average Bonchev–Trinajstić information content (AvgIpc) is 2.92. The maximum Gasteiger partial charge on any atom is 0.266 e. The van der Waals surface area contributed by atoms with Gasteiger partial charge in [-0.05, 0) is 13.0 Å². The molecule has 0 atom stereocenters. The molecule has 0 aliphatic carbocycles. The number of nitrogens with zero attached hydrogens (tertiary/aromatic N) is 1. The molecule has 1 N–H and O–H groups in total. The minimum atomic E-state index is -0.275. The van der Waals surface area contributed by atoms with Crippen molar-refractivity contribution in [3.05, 3.63) is 39.6 Å². The fraction of sp³-hybridized carbons (Fsp3) is 0.286. The lowest BCUT2D eigenvalue weighted by Gasteiger charge is -2.06. The first-order chi connectivity index (χ1) is 10.1. The number of carbonyl (C=O) groups is 1. The average molecular weight is 308 g/mol. The van der Waals surface area contributed by atoms with E-state index in [1.807, 2.05) is 6.92 Å². The van der Waals surface area contributed by atoms with Gasteiger partial charge in [-0.1, -0.05) is 11.3 Å². The van der Waals surface area contributed by atoms with Gasteiger partial charge in [-0.15, -0.1) is 0 Å². The quantitative estimate of drug-likeness (QED) is 0.919. The van der Waals surface area contributed by atoms with Crippen molar-refractivity contribution >= 4 is 22.9 Å². The van der Waals surface area contributed by atoms with E-state index in [4.69, 9.17) is 9.47 Å². The number of rotatable bonds is 5. The molecule has 0 saturated heterocycles. The van der Waals surface area contributed by atoms with Crippen LogP contribution in [0.2, 0.25) is 0 Å². The number of hydrogen-bond acceptors (Lipinski definition) is 5. The van der Waals surface area contributed by atoms with Crippen molar-refractivity contribution in [1.29, 1.82) is 0 Å². The Balaban J connectivity index is 2.21. The molecule has 0 saturated carbocycles. The molecule has 0 radical (unpaired) electrons. The number of nitrogens with one attached hydrogen (secondary N) is 1. The van der Waals surface area contributed by atoms with E-state index in [2.05, 4.69) is 5.32 Å². The van der Waals surface area contributed by atoms with Gasteiger partial charge in [0.15, 0.2) is 5.75 Å². The highest BCUT2D eigenvalue weighted by Gasteiger charge is 2.16. The zero-order chi connectivity index (χ0) is 15.4. The summed E-state index contributed by atoms with van der Waals surface area (Å²) in [5.74, 6) is 0.245. The Morgan fingerprint density at radius 3 is 2.67 bits per heavy atom. The van der Waals surface area contributed by atoms with Crippen molar-refractivity contribution in [2.24, 2.45) is 0 Å². The topological polar surface area (TPSA) is 69.6 Å². The van der Waals surface area contributed by atoms with Crippen molar-refractivity contribution in [1.82, 2.24) is 4.57 Å². The van der Waals surface area contributed by atoms with E-state index < -0.39 is 0 Å². The Bertz CT molecular complexity index is 684. The second-order valence-corrected chi connectivity index (χ2v) is 5.18. The molecular formula is C14H16N2O4S. The van der Waals surface area contributed by atoms with Crippen LogP contribution in [-0.4, -0.2) is 24.7 Å². The second kappa shape index (κ2) is 6.45. The van der Waals surface area contributed by atoms with Gasteiger partial charge in [0, 0.05) is 24.9 Å². The summed E-state index contributed by atoms with van der Waals surface area (Å²) in [5.41, 5.74) is 0.461. The lowest BCUT2D eigenvalue weighted by Crippen LogP contribution is -2.19. The van der Waals surface area contributed by atoms with Crippen LogP contribution in [0.4, 0.5) is 5.69 Å². The predicted molar refractivity (Wildman–Crippen MR) is 81.8 cm³/mol. The van der Waals surface area contributed by atoms with E-state index in [9.17, 15) is 9.59 Å². The van der Waals surface area contributed by atoms with Crippen molar-refractivity contribution in [3.63, 3.8) is 0 Å². The zero-order valence-corrected chi connectivity index (χ0v) is 12.8. The smallest absolute Gasteiger partial charge is 0.266 e. The van der Waals surface area contributed by atoms with Gasteiger partial charge in [0.05, 0.1) is 24.8 Å². The fourth-order valence-electron chi connectivity index (χ4n) is 1.80. The van der Waals surface area contributed by atoms with Gasteiger partial charge >= 0.3 is 0 Å². The number of carbonyl (C=O) groups excluding carboxylic acids is 1. The second-order valence-electron chi connectivity index (χ2n) is 4.17. The lowest BCUT2D eigenvalue weighted by molar-refractivity contribution is 0.103. The molecule has 7 heteroatoms. The summed E-state index contributed by atoms with van der Waals surface area (Å²) in [5, 5.41) is 3.29. The number of anilines is 1. The van der Waals surface area contributed by atoms with Crippen LogP contribution in [0.1, 0.15) is 16.6 Å². The minimum Gasteiger partial charge on any atom is -0.492 e. The Morgan fingerprint density at radius 2 is 2.10 bits per heavy atom. The maximum absolute atomic E-state index is 12.2. The van der Waals surface area contributed by atoms with Crippen LogP contribution in [0.3, 0.4) is 0 Å². The molecule has 0 aliphatic heterocycles. The number of methoxy groups -OCH3 is 2. The maximum atomic E-state index is 12.2. The van der Waals surface area contributed by atoms with E-state index in [0.29, 0.717) is 27.9 Å². The highest BCUT2D eigenvalue weighted by atomic mass is 32.1. The molecule has 0 aliphatic rings. The van der Waals surface area contributed by atoms with E-state index in [0.717, 1.165) is 0 Å². The molecular weight excluding hydrogens is 292 g/mol. The van der Waals surface area contributed by atoms with E-state index >= 15 is 0 Å². The van der Waals surface area contributed by atoms with Gasteiger partial charge in [0.1, 0.15) is 0 Å². The molecule has 0 bridgehead atoms. The first-order valence-electron chi connectivity index (χ1n) is 6.32. The van der Waals surface area contributed by atoms with Crippen molar-refractivity contribution < 1.29 is 14.3 Å². The highest BCUT2D eigenvalue weighted by Crippen LogP contribution is 2.36. The van der Waals surface area contributed by atoms with Crippen LogP contribution >= 0.6 is 11.3 Å². The van der Waals surface area contributed by atoms with Crippen LogP contribution < -0.4 is 20.3 Å². The molecule has 21 heavy (non-hydrogen) atoms. The van der Waals surface area contributed by atoms with E-state index in [-0.39, 0.29) is 11.5 Å². The van der Waals surface area contributed by atoms with Crippen LogP contribution in [0.5, 0.6) is 10.8 Å². The number of amides is 1. The van der Waals surface area contributed by atoms with Crippen molar-refractivity contribution in [3.8, 4) is 10.8 Å². The number of ether oxygens (including phenoxy) is 2. The first kappa shape index (κ1) is 15.1.